The summed E-state index contributed by atoms with van der Waals surface area (Å²) in [6, 6.07) is 0. The largest absolute Gasteiger partial charge is 0.468 e. The van der Waals surface area contributed by atoms with Gasteiger partial charge in [0.05, 0.1) is 7.11 Å². The highest BCUT2D eigenvalue weighted by Crippen LogP contribution is 2.46. The zero-order valence-electron chi connectivity index (χ0n) is 10.9. The van der Waals surface area contributed by atoms with Gasteiger partial charge in [-0.05, 0) is 31.6 Å². The normalized spacial score (nSPS) is 33.3. The summed E-state index contributed by atoms with van der Waals surface area (Å²) in [7, 11) is 1.33. The first-order valence-electron chi connectivity index (χ1n) is 6.74. The van der Waals surface area contributed by atoms with Crippen molar-refractivity contribution < 1.29 is 19.1 Å². The number of hydrogen-bond acceptors (Lipinski definition) is 4. The summed E-state index contributed by atoms with van der Waals surface area (Å²) in [5.74, 6) is -0.272. The van der Waals surface area contributed by atoms with Gasteiger partial charge in [-0.2, -0.15) is 0 Å². The molecule has 0 spiro atoms. The molecule has 0 saturated heterocycles. The SMILES string of the molecule is COC(=O)[C@@]12CCC(=O)CCC1CCCCC2=O. The number of ether oxygens (including phenoxy) is 1. The summed E-state index contributed by atoms with van der Waals surface area (Å²) < 4.78 is 4.90. The number of esters is 1. The Hall–Kier alpha value is -1.19. The van der Waals surface area contributed by atoms with E-state index >= 15 is 0 Å². The average molecular weight is 252 g/mol. The van der Waals surface area contributed by atoms with Gasteiger partial charge in [0.1, 0.15) is 17.0 Å². The van der Waals surface area contributed by atoms with Gasteiger partial charge in [-0.15, -0.1) is 0 Å². The van der Waals surface area contributed by atoms with Gasteiger partial charge in [0.15, 0.2) is 0 Å². The number of hydrogen-bond donors (Lipinski definition) is 0. The predicted molar refractivity (Wildman–Crippen MR) is 64.9 cm³/mol. The zero-order valence-corrected chi connectivity index (χ0v) is 10.9. The molecule has 2 aliphatic rings. The third-order valence-electron chi connectivity index (χ3n) is 4.52. The molecule has 2 saturated carbocycles. The minimum Gasteiger partial charge on any atom is -0.468 e. The van der Waals surface area contributed by atoms with Crippen LogP contribution < -0.4 is 0 Å². The van der Waals surface area contributed by atoms with Gasteiger partial charge in [-0.25, -0.2) is 0 Å². The van der Waals surface area contributed by atoms with Gasteiger partial charge < -0.3 is 4.74 Å². The van der Waals surface area contributed by atoms with Crippen molar-refractivity contribution in [1.82, 2.24) is 0 Å². The molecule has 0 aliphatic heterocycles. The van der Waals surface area contributed by atoms with E-state index < -0.39 is 11.4 Å². The van der Waals surface area contributed by atoms with Crippen LogP contribution in [0, 0.1) is 11.3 Å². The fourth-order valence-corrected chi connectivity index (χ4v) is 3.47. The first kappa shape index (κ1) is 13.2. The Morgan fingerprint density at radius 3 is 2.67 bits per heavy atom. The topological polar surface area (TPSA) is 60.4 Å². The Bertz CT molecular complexity index is 374. The number of carbonyl (C=O) groups is 3. The van der Waals surface area contributed by atoms with Crippen LogP contribution in [0.25, 0.3) is 0 Å². The highest BCUT2D eigenvalue weighted by molar-refractivity contribution is 6.05. The van der Waals surface area contributed by atoms with Gasteiger partial charge in [-0.1, -0.05) is 6.42 Å². The van der Waals surface area contributed by atoms with Crippen LogP contribution in [0.15, 0.2) is 0 Å². The fourth-order valence-electron chi connectivity index (χ4n) is 3.47. The Morgan fingerprint density at radius 1 is 1.17 bits per heavy atom. The monoisotopic (exact) mass is 252 g/mol. The lowest BCUT2D eigenvalue weighted by molar-refractivity contribution is -0.162. The number of fused-ring (bicyclic) bond motifs is 1. The van der Waals surface area contributed by atoms with Crippen LogP contribution in [0.4, 0.5) is 0 Å². The van der Waals surface area contributed by atoms with E-state index in [4.69, 9.17) is 4.74 Å². The lowest BCUT2D eigenvalue weighted by atomic mass is 9.68. The van der Waals surface area contributed by atoms with E-state index in [0.717, 1.165) is 19.3 Å². The Balaban J connectivity index is 2.41. The van der Waals surface area contributed by atoms with E-state index in [1.54, 1.807) is 0 Å². The van der Waals surface area contributed by atoms with Gasteiger partial charge in [0.25, 0.3) is 0 Å². The van der Waals surface area contributed by atoms with E-state index in [0.29, 0.717) is 32.1 Å². The van der Waals surface area contributed by atoms with E-state index in [9.17, 15) is 14.4 Å². The van der Waals surface area contributed by atoms with E-state index in [2.05, 4.69) is 0 Å². The Labute approximate surface area is 107 Å². The maximum atomic E-state index is 12.4. The van der Waals surface area contributed by atoms with Crippen molar-refractivity contribution in [2.75, 3.05) is 7.11 Å². The van der Waals surface area contributed by atoms with Crippen molar-refractivity contribution in [1.29, 1.82) is 0 Å². The molecule has 0 N–H and O–H groups in total. The minimum absolute atomic E-state index is 0.00782. The molecule has 2 atom stereocenters. The highest BCUT2D eigenvalue weighted by Gasteiger charge is 2.53. The number of rotatable bonds is 1. The van der Waals surface area contributed by atoms with Crippen molar-refractivity contribution in [3.05, 3.63) is 0 Å². The summed E-state index contributed by atoms with van der Waals surface area (Å²) in [4.78, 5) is 36.2. The Morgan fingerprint density at radius 2 is 1.94 bits per heavy atom. The molecule has 100 valence electrons. The molecular weight excluding hydrogens is 232 g/mol. The van der Waals surface area contributed by atoms with Crippen molar-refractivity contribution in [2.45, 2.75) is 51.4 Å². The lowest BCUT2D eigenvalue weighted by Gasteiger charge is -2.34. The van der Waals surface area contributed by atoms with Crippen molar-refractivity contribution in [3.8, 4) is 0 Å². The highest BCUT2D eigenvalue weighted by atomic mass is 16.5. The molecule has 0 amide bonds. The van der Waals surface area contributed by atoms with Crippen molar-refractivity contribution >= 4 is 17.5 Å². The summed E-state index contributed by atoms with van der Waals surface area (Å²) >= 11 is 0. The van der Waals surface area contributed by atoms with Crippen LogP contribution in [0.3, 0.4) is 0 Å². The van der Waals surface area contributed by atoms with Gasteiger partial charge in [-0.3, -0.25) is 14.4 Å². The average Bonchev–Trinajstić information content (AvgIpc) is 2.63. The molecule has 18 heavy (non-hydrogen) atoms. The number of methoxy groups -OCH3 is 1. The maximum Gasteiger partial charge on any atom is 0.319 e. The lowest BCUT2D eigenvalue weighted by Crippen LogP contribution is -2.45. The van der Waals surface area contributed by atoms with Crippen LogP contribution in [0.5, 0.6) is 0 Å². The van der Waals surface area contributed by atoms with Gasteiger partial charge in [0, 0.05) is 19.3 Å². The molecule has 2 aliphatic carbocycles. The summed E-state index contributed by atoms with van der Waals surface area (Å²) in [5, 5.41) is 0. The van der Waals surface area contributed by atoms with Gasteiger partial charge in [0.2, 0.25) is 0 Å². The second-order valence-corrected chi connectivity index (χ2v) is 5.41. The van der Waals surface area contributed by atoms with E-state index in [1.165, 1.54) is 7.11 Å². The third-order valence-corrected chi connectivity index (χ3v) is 4.52. The third kappa shape index (κ3) is 2.08. The second-order valence-electron chi connectivity index (χ2n) is 5.41. The molecule has 0 bridgehead atoms. The number of ketones is 2. The van der Waals surface area contributed by atoms with E-state index in [-0.39, 0.29) is 17.5 Å². The molecule has 0 radical (unpaired) electrons. The molecule has 0 aromatic heterocycles. The summed E-state index contributed by atoms with van der Waals surface area (Å²) in [5.41, 5.74) is -1.03. The molecule has 0 aromatic carbocycles. The van der Waals surface area contributed by atoms with Crippen LogP contribution in [-0.4, -0.2) is 24.6 Å². The smallest absolute Gasteiger partial charge is 0.319 e. The summed E-state index contributed by atoms with van der Waals surface area (Å²) in [6.07, 6.45) is 4.94. The van der Waals surface area contributed by atoms with Crippen LogP contribution in [0.2, 0.25) is 0 Å². The molecule has 1 unspecified atom stereocenters. The number of carbonyl (C=O) groups excluding carboxylic acids is 3. The standard InChI is InChI=1S/C14H20O4/c1-18-13(17)14-9-8-11(15)7-6-10(14)4-2-3-5-12(14)16/h10H,2-9H2,1H3/t10?,14-/m0/s1. The zero-order chi connectivity index (χ0) is 13.2. The van der Waals surface area contributed by atoms with E-state index in [1.807, 2.05) is 0 Å². The first-order valence-corrected chi connectivity index (χ1v) is 6.74. The second kappa shape index (κ2) is 5.21. The minimum atomic E-state index is -1.03. The van der Waals surface area contributed by atoms with Crippen LogP contribution in [0.1, 0.15) is 51.4 Å². The molecule has 2 fully saturated rings. The molecule has 0 heterocycles. The molecule has 4 heteroatoms. The molecule has 2 rings (SSSR count). The predicted octanol–water partition coefficient (Wildman–Crippen LogP) is 2.05. The molecule has 0 aromatic rings. The first-order chi connectivity index (χ1) is 8.61. The van der Waals surface area contributed by atoms with Crippen molar-refractivity contribution in [3.63, 3.8) is 0 Å². The fraction of sp³-hybridized carbons (Fsp3) is 0.786. The maximum absolute atomic E-state index is 12.4. The summed E-state index contributed by atoms with van der Waals surface area (Å²) in [6.45, 7) is 0. The molecule has 4 nitrogen and oxygen atoms in total. The van der Waals surface area contributed by atoms with Crippen molar-refractivity contribution in [2.24, 2.45) is 11.3 Å². The van der Waals surface area contributed by atoms with Crippen LogP contribution in [-0.2, 0) is 19.1 Å². The van der Waals surface area contributed by atoms with Crippen LogP contribution >= 0.6 is 0 Å². The molecular formula is C14H20O4. The van der Waals surface area contributed by atoms with Gasteiger partial charge >= 0.3 is 5.97 Å². The Kier molecular flexibility index (Phi) is 3.83. The quantitative estimate of drug-likeness (QED) is 0.529. The number of Topliss-reactive ketones (excluding diaryl/α,β-unsaturated/α-hetero) is 2.